The fourth-order valence-electron chi connectivity index (χ4n) is 6.73. The van der Waals surface area contributed by atoms with Crippen molar-refractivity contribution in [2.24, 2.45) is 0 Å². The number of fused-ring (bicyclic) bond motifs is 4. The average Bonchev–Trinajstić information content (AvgIpc) is 3.72. The van der Waals surface area contributed by atoms with Gasteiger partial charge < -0.3 is 0 Å². The van der Waals surface area contributed by atoms with Crippen LogP contribution in [0.15, 0.2) is 154 Å². The van der Waals surface area contributed by atoms with Crippen LogP contribution in [0.25, 0.3) is 77.2 Å². The van der Waals surface area contributed by atoms with Crippen LogP contribution in [0.3, 0.4) is 0 Å². The molecule has 4 heterocycles. The lowest BCUT2D eigenvalue weighted by Crippen LogP contribution is -2.14. The first-order chi connectivity index (χ1) is 23.1. The molecule has 0 aliphatic heterocycles. The summed E-state index contributed by atoms with van der Waals surface area (Å²) in [4.78, 5) is 35.7. The molecule has 0 atom stereocenters. The molecule has 0 aliphatic carbocycles. The van der Waals surface area contributed by atoms with Crippen molar-refractivity contribution in [2.75, 3.05) is 0 Å². The highest BCUT2D eigenvalue weighted by Gasteiger charge is 2.20. The number of aromatic nitrogens is 4. The molecule has 222 valence electrons. The summed E-state index contributed by atoms with van der Waals surface area (Å²) in [5.74, 6) is 1.39. The molecule has 0 spiro atoms. The Labute approximate surface area is 275 Å². The molecule has 6 nitrogen and oxygen atoms in total. The van der Waals surface area contributed by atoms with E-state index in [1.54, 1.807) is 8.80 Å². The Hall–Kier alpha value is -5.92. The maximum atomic E-state index is 13.2. The van der Waals surface area contributed by atoms with E-state index in [1.165, 1.54) is 0 Å². The van der Waals surface area contributed by atoms with E-state index >= 15 is 0 Å². The summed E-state index contributed by atoms with van der Waals surface area (Å²) in [6.07, 6.45) is 0. The molecule has 7 heteroatoms. The number of hydrogen-bond donors (Lipinski definition) is 0. The molecule has 0 unspecified atom stereocenters. The number of benzene rings is 6. The molecule has 0 fully saturated rings. The Morgan fingerprint density at radius 3 is 1.51 bits per heavy atom. The first-order valence-corrected chi connectivity index (χ1v) is 16.0. The monoisotopic (exact) mass is 670 g/mol. The zero-order valence-corrected chi connectivity index (χ0v) is 26.3. The molecular weight excluding hydrogens is 648 g/mol. The van der Waals surface area contributed by atoms with E-state index in [-0.39, 0.29) is 11.1 Å². The summed E-state index contributed by atoms with van der Waals surface area (Å²) in [7, 11) is 0. The number of hydrogen-bond acceptors (Lipinski definition) is 4. The summed E-state index contributed by atoms with van der Waals surface area (Å²) >= 11 is 3.65. The first kappa shape index (κ1) is 27.4. The fraction of sp³-hybridized carbons (Fsp3) is 0. The molecule has 0 saturated heterocycles. The fourth-order valence-corrected chi connectivity index (χ4v) is 7.27. The van der Waals surface area contributed by atoms with Crippen LogP contribution in [-0.4, -0.2) is 18.8 Å². The van der Waals surface area contributed by atoms with E-state index in [2.05, 4.69) is 22.0 Å². The number of halogens is 1. The molecule has 10 rings (SSSR count). The van der Waals surface area contributed by atoms with E-state index in [0.29, 0.717) is 17.0 Å². The third kappa shape index (κ3) is 4.10. The topological polar surface area (TPSA) is 68.7 Å². The summed E-state index contributed by atoms with van der Waals surface area (Å²) in [6, 6.07) is 45.1. The van der Waals surface area contributed by atoms with Crippen LogP contribution in [0.1, 0.15) is 0 Å². The Bertz CT molecular complexity index is 2900. The van der Waals surface area contributed by atoms with E-state index in [0.717, 1.165) is 64.6 Å². The predicted octanol–water partition coefficient (Wildman–Crippen LogP) is 8.97. The molecule has 4 aromatic heterocycles. The number of para-hydroxylation sites is 1. The highest BCUT2D eigenvalue weighted by Crippen LogP contribution is 2.35. The summed E-state index contributed by atoms with van der Waals surface area (Å²) in [5.41, 5.74) is 5.28. The van der Waals surface area contributed by atoms with Crippen molar-refractivity contribution in [1.29, 1.82) is 0 Å². The SMILES string of the molecule is O=c1c2ccccc2c2c(Br)ccc3nc(-c4ccccc4)n1c32.O=c1c2ccccc2c2cccc3nc(-c4ccccc4)n1c32. The largest absolute Gasteiger partial charge is 0.268 e. The van der Waals surface area contributed by atoms with Gasteiger partial charge in [0.2, 0.25) is 0 Å². The van der Waals surface area contributed by atoms with E-state index < -0.39 is 0 Å². The van der Waals surface area contributed by atoms with Crippen molar-refractivity contribution in [3.63, 3.8) is 0 Å². The van der Waals surface area contributed by atoms with Gasteiger partial charge in [-0.25, -0.2) is 9.97 Å². The van der Waals surface area contributed by atoms with Gasteiger partial charge in [0.25, 0.3) is 11.1 Å². The van der Waals surface area contributed by atoms with Crippen LogP contribution in [0, 0.1) is 0 Å². The third-order valence-electron chi connectivity index (χ3n) is 8.79. The smallest absolute Gasteiger partial charge is 0.264 e. The van der Waals surface area contributed by atoms with E-state index in [9.17, 15) is 9.59 Å². The summed E-state index contributed by atoms with van der Waals surface area (Å²) in [6.45, 7) is 0. The second kappa shape index (κ2) is 10.6. The highest BCUT2D eigenvalue weighted by atomic mass is 79.9. The molecule has 47 heavy (non-hydrogen) atoms. The number of pyridine rings is 2. The minimum atomic E-state index is -0.0300. The summed E-state index contributed by atoms with van der Waals surface area (Å²) in [5, 5.41) is 5.45. The minimum Gasteiger partial charge on any atom is -0.268 e. The maximum Gasteiger partial charge on any atom is 0.264 e. The quantitative estimate of drug-likeness (QED) is 0.172. The lowest BCUT2D eigenvalue weighted by Gasteiger charge is -2.08. The van der Waals surface area contributed by atoms with E-state index in [4.69, 9.17) is 9.97 Å². The van der Waals surface area contributed by atoms with Crippen LogP contribution in [-0.2, 0) is 0 Å². The van der Waals surface area contributed by atoms with Crippen molar-refractivity contribution in [1.82, 2.24) is 18.8 Å². The second-order valence-corrected chi connectivity index (χ2v) is 12.3. The van der Waals surface area contributed by atoms with Gasteiger partial charge in [-0.05, 0) is 41.1 Å². The number of nitrogens with zero attached hydrogens (tertiary/aromatic N) is 4. The molecule has 10 aromatic rings. The van der Waals surface area contributed by atoms with Crippen molar-refractivity contribution >= 4 is 70.3 Å². The molecule has 6 aromatic carbocycles. The van der Waals surface area contributed by atoms with Gasteiger partial charge in [-0.15, -0.1) is 0 Å². The van der Waals surface area contributed by atoms with Crippen molar-refractivity contribution in [3.8, 4) is 22.8 Å². The highest BCUT2D eigenvalue weighted by molar-refractivity contribution is 9.10. The van der Waals surface area contributed by atoms with Gasteiger partial charge in [-0.1, -0.05) is 125 Å². The van der Waals surface area contributed by atoms with Crippen LogP contribution in [0.4, 0.5) is 0 Å². The third-order valence-corrected chi connectivity index (χ3v) is 9.45. The Balaban J connectivity index is 0.000000129. The number of imidazole rings is 2. The molecule has 0 bridgehead atoms. The van der Waals surface area contributed by atoms with Crippen LogP contribution in [0.5, 0.6) is 0 Å². The Kier molecular flexibility index (Phi) is 6.16. The molecule has 0 aliphatic rings. The Morgan fingerprint density at radius 2 is 0.894 bits per heavy atom. The standard InChI is InChI=1S/C20H11BrN2O.C20H12N2O/c21-15-10-11-16-18-17(15)13-8-4-5-9-14(13)20(24)23(18)19(22-16)12-6-2-1-3-7-12;23-20-16-10-5-4-9-14(16)15-11-6-12-17-18(15)22(20)19(21-17)13-7-2-1-3-8-13/h1-11H;1-12H. The van der Waals surface area contributed by atoms with Crippen LogP contribution >= 0.6 is 15.9 Å². The van der Waals surface area contributed by atoms with Crippen molar-refractivity contribution in [3.05, 3.63) is 165 Å². The molecule has 0 saturated carbocycles. The van der Waals surface area contributed by atoms with Gasteiger partial charge in [0.15, 0.2) is 0 Å². The predicted molar refractivity (Wildman–Crippen MR) is 194 cm³/mol. The molecular formula is C40H23BrN4O2. The maximum absolute atomic E-state index is 13.2. The van der Waals surface area contributed by atoms with Crippen molar-refractivity contribution in [2.45, 2.75) is 0 Å². The van der Waals surface area contributed by atoms with Gasteiger partial charge in [0, 0.05) is 37.1 Å². The van der Waals surface area contributed by atoms with E-state index in [1.807, 2.05) is 133 Å². The lowest BCUT2D eigenvalue weighted by molar-refractivity contribution is 1.13. The van der Waals surface area contributed by atoms with Gasteiger partial charge in [0.1, 0.15) is 11.6 Å². The van der Waals surface area contributed by atoms with Gasteiger partial charge in [-0.2, -0.15) is 0 Å². The zero-order chi connectivity index (χ0) is 31.6. The van der Waals surface area contributed by atoms with Crippen molar-refractivity contribution < 1.29 is 0 Å². The van der Waals surface area contributed by atoms with Crippen LogP contribution < -0.4 is 11.1 Å². The first-order valence-electron chi connectivity index (χ1n) is 15.2. The summed E-state index contributed by atoms with van der Waals surface area (Å²) < 4.78 is 4.46. The lowest BCUT2D eigenvalue weighted by atomic mass is 10.1. The normalized spacial score (nSPS) is 11.7. The minimum absolute atomic E-state index is 0.0133. The van der Waals surface area contributed by atoms with Crippen LogP contribution in [0.2, 0.25) is 0 Å². The van der Waals surface area contributed by atoms with Gasteiger partial charge in [0.05, 0.1) is 22.1 Å². The second-order valence-electron chi connectivity index (χ2n) is 11.4. The number of rotatable bonds is 2. The van der Waals surface area contributed by atoms with Gasteiger partial charge >= 0.3 is 0 Å². The molecule has 0 radical (unpaired) electrons. The zero-order valence-electron chi connectivity index (χ0n) is 24.8. The molecule has 0 amide bonds. The average molecular weight is 672 g/mol. The molecule has 0 N–H and O–H groups in total. The van der Waals surface area contributed by atoms with Gasteiger partial charge in [-0.3, -0.25) is 18.4 Å². The Morgan fingerprint density at radius 1 is 0.426 bits per heavy atom.